The minimum absolute atomic E-state index is 0.0798. The van der Waals surface area contributed by atoms with Crippen molar-refractivity contribution in [2.24, 2.45) is 5.73 Å². The zero-order valence-corrected chi connectivity index (χ0v) is 31.6. The van der Waals surface area contributed by atoms with Crippen molar-refractivity contribution >= 4 is 53.4 Å². The van der Waals surface area contributed by atoms with Crippen LogP contribution in [-0.2, 0) is 52.6 Å². The maximum absolute atomic E-state index is 13.4. The number of hydrogen-bond donors (Lipinski definition) is 14. The molecule has 15 N–H and O–H groups in total. The monoisotopic (exact) mass is 823 g/mol. The Hall–Kier alpha value is -5.05. The number of nitrogens with two attached hydrogens (primary N) is 1. The highest BCUT2D eigenvalue weighted by molar-refractivity contribution is 5.96. The molecule has 1 heterocycles. The number of carbonyl (C=O) groups is 9. The highest BCUT2D eigenvalue weighted by Crippen LogP contribution is 2.24. The quantitative estimate of drug-likeness (QED) is 0.0430. The summed E-state index contributed by atoms with van der Waals surface area (Å²) in [4.78, 5) is 111. The highest BCUT2D eigenvalue weighted by atomic mass is 16.6. The van der Waals surface area contributed by atoms with Gasteiger partial charge in [-0.2, -0.15) is 0 Å². The molecule has 324 valence electrons. The number of carboxylic acids is 3. The van der Waals surface area contributed by atoms with Crippen LogP contribution in [0.25, 0.3) is 0 Å². The van der Waals surface area contributed by atoms with Crippen molar-refractivity contribution in [1.82, 2.24) is 31.9 Å². The van der Waals surface area contributed by atoms with E-state index in [2.05, 4.69) is 26.6 Å². The molecule has 1 saturated heterocycles. The lowest BCUT2D eigenvalue weighted by molar-refractivity contribution is -0.266. The molecule has 0 aromatic heterocycles. The molecule has 0 radical (unpaired) electrons. The summed E-state index contributed by atoms with van der Waals surface area (Å²) < 4.78 is 10.7. The molecule has 1 rings (SSSR count). The van der Waals surface area contributed by atoms with Gasteiger partial charge in [0.2, 0.25) is 35.4 Å². The van der Waals surface area contributed by atoms with E-state index in [1.165, 1.54) is 20.8 Å². The summed E-state index contributed by atoms with van der Waals surface area (Å²) in [6.07, 6.45) is -9.35. The third-order valence-electron chi connectivity index (χ3n) is 8.51. The molecule has 0 aromatic rings. The number of rotatable bonds is 24. The van der Waals surface area contributed by atoms with Crippen LogP contribution in [0.4, 0.5) is 0 Å². The van der Waals surface area contributed by atoms with E-state index in [9.17, 15) is 63.6 Å². The fourth-order valence-corrected chi connectivity index (χ4v) is 5.23. The Kier molecular flexibility index (Phi) is 20.9. The first kappa shape index (κ1) is 50.0. The van der Waals surface area contributed by atoms with Gasteiger partial charge in [-0.15, -0.1) is 0 Å². The second-order valence-corrected chi connectivity index (χ2v) is 13.2. The van der Waals surface area contributed by atoms with Crippen LogP contribution in [0.15, 0.2) is 0 Å². The van der Waals surface area contributed by atoms with Crippen molar-refractivity contribution < 1.29 is 88.4 Å². The number of carboxylic acid groups (broad SMARTS) is 3. The molecule has 12 atom stereocenters. The Bertz CT molecular complexity index is 1450. The van der Waals surface area contributed by atoms with E-state index in [4.69, 9.17) is 30.5 Å². The van der Waals surface area contributed by atoms with Crippen molar-refractivity contribution in [1.29, 1.82) is 0 Å². The molecular weight excluding hydrogens is 770 g/mol. The minimum atomic E-state index is -1.81. The number of amides is 6. The maximum Gasteiger partial charge on any atom is 0.328 e. The van der Waals surface area contributed by atoms with Crippen molar-refractivity contribution in [2.75, 3.05) is 13.2 Å². The summed E-state index contributed by atoms with van der Waals surface area (Å²) in [5, 5.41) is 80.6. The number of aliphatic carboxylic acids is 3. The standard InChI is InChI=1S/C32H53N7O18/c1-12(35-27(48)14(3)56-24-22(36-15(4)42)32(55)57-20(11-41)23(24)45)25(46)34-13(2)26(47)37-17(7-5-6-16(33)30(51)52)28(49)38-18(8-9-21(43)44)29(50)39-19(10-40)31(53)54/h12-14,16-20,22-24,32,40-41,45,55H,5-11,33H2,1-4H3,(H,34,46)(H,35,48)(H,36,42)(H,37,47)(H,38,49)(H,39,50)(H,43,44)(H,51,52)(H,53,54). The number of carbonyl (C=O) groups excluding carboxylic acids is 6. The van der Waals surface area contributed by atoms with Gasteiger partial charge in [-0.25, -0.2) is 4.79 Å². The summed E-state index contributed by atoms with van der Waals surface area (Å²) >= 11 is 0. The molecule has 1 fully saturated rings. The normalized spacial score (nSPS) is 22.8. The van der Waals surface area contributed by atoms with Crippen molar-refractivity contribution in [2.45, 2.75) is 133 Å². The van der Waals surface area contributed by atoms with Crippen molar-refractivity contribution in [3.8, 4) is 0 Å². The van der Waals surface area contributed by atoms with Gasteiger partial charge in [0.05, 0.1) is 13.2 Å². The zero-order valence-electron chi connectivity index (χ0n) is 31.6. The summed E-state index contributed by atoms with van der Waals surface area (Å²) in [5.41, 5.74) is 5.53. The zero-order chi connectivity index (χ0) is 43.7. The lowest BCUT2D eigenvalue weighted by Crippen LogP contribution is -2.65. The largest absolute Gasteiger partial charge is 0.481 e. The topological polar surface area (TPSA) is 412 Å². The van der Waals surface area contributed by atoms with Gasteiger partial charge in [0.15, 0.2) is 6.29 Å². The van der Waals surface area contributed by atoms with Crippen LogP contribution in [0.3, 0.4) is 0 Å². The van der Waals surface area contributed by atoms with Gasteiger partial charge in [0, 0.05) is 13.3 Å². The second kappa shape index (κ2) is 23.9. The third-order valence-corrected chi connectivity index (χ3v) is 8.51. The van der Waals surface area contributed by atoms with Crippen LogP contribution in [-0.4, -0.2) is 175 Å². The lowest BCUT2D eigenvalue weighted by atomic mass is 9.96. The van der Waals surface area contributed by atoms with Crippen molar-refractivity contribution in [3.05, 3.63) is 0 Å². The van der Waals surface area contributed by atoms with Gasteiger partial charge in [-0.3, -0.25) is 38.4 Å². The summed E-state index contributed by atoms with van der Waals surface area (Å²) in [7, 11) is 0. The molecule has 0 saturated carbocycles. The highest BCUT2D eigenvalue weighted by Gasteiger charge is 2.47. The Morgan fingerprint density at radius 3 is 1.70 bits per heavy atom. The van der Waals surface area contributed by atoms with E-state index < -0.39 is 152 Å². The summed E-state index contributed by atoms with van der Waals surface area (Å²) in [5.74, 6) is -10.1. The minimum Gasteiger partial charge on any atom is -0.481 e. The van der Waals surface area contributed by atoms with E-state index in [0.29, 0.717) is 0 Å². The molecule has 0 aromatic carbocycles. The Labute approximate surface area is 325 Å². The SMILES string of the molecule is CC(=O)NC1C(O)OC(CO)C(O)C1OC(C)C(=O)NC(C)C(=O)NC(C)C(=O)NC(CCCC(N)C(=O)O)C(=O)NC(CCC(=O)O)C(=O)NC(CO)C(=O)O. The van der Waals surface area contributed by atoms with Crippen molar-refractivity contribution in [3.63, 3.8) is 0 Å². The molecular formula is C32H53N7O18. The van der Waals surface area contributed by atoms with E-state index >= 15 is 0 Å². The lowest BCUT2D eigenvalue weighted by Gasteiger charge is -2.43. The van der Waals surface area contributed by atoms with E-state index in [1.807, 2.05) is 5.32 Å². The van der Waals surface area contributed by atoms with Gasteiger partial charge >= 0.3 is 17.9 Å². The maximum atomic E-state index is 13.4. The van der Waals surface area contributed by atoms with E-state index in [-0.39, 0.29) is 19.3 Å². The third kappa shape index (κ3) is 16.5. The number of nitrogens with one attached hydrogen (secondary N) is 6. The fraction of sp³-hybridized carbons (Fsp3) is 0.719. The van der Waals surface area contributed by atoms with Gasteiger partial charge in [-0.1, -0.05) is 0 Å². The van der Waals surface area contributed by atoms with E-state index in [1.54, 1.807) is 0 Å². The first-order chi connectivity index (χ1) is 26.5. The van der Waals surface area contributed by atoms with E-state index in [0.717, 1.165) is 6.92 Å². The predicted octanol–water partition coefficient (Wildman–Crippen LogP) is -6.68. The average molecular weight is 824 g/mol. The van der Waals surface area contributed by atoms with Crippen LogP contribution in [0.2, 0.25) is 0 Å². The van der Waals surface area contributed by atoms with Crippen LogP contribution in [0.1, 0.15) is 59.8 Å². The van der Waals surface area contributed by atoms with Gasteiger partial charge in [0.1, 0.15) is 66.7 Å². The number of aliphatic hydroxyl groups excluding tert-OH is 4. The van der Waals surface area contributed by atoms with Crippen LogP contribution >= 0.6 is 0 Å². The Morgan fingerprint density at radius 1 is 0.702 bits per heavy atom. The second-order valence-electron chi connectivity index (χ2n) is 13.2. The number of hydrogen-bond acceptors (Lipinski definition) is 16. The molecule has 57 heavy (non-hydrogen) atoms. The molecule has 25 nitrogen and oxygen atoms in total. The van der Waals surface area contributed by atoms with Gasteiger partial charge in [-0.05, 0) is 46.5 Å². The molecule has 0 bridgehead atoms. The smallest absolute Gasteiger partial charge is 0.328 e. The molecule has 1 aliphatic heterocycles. The molecule has 12 unspecified atom stereocenters. The predicted molar refractivity (Wildman–Crippen MR) is 188 cm³/mol. The Morgan fingerprint density at radius 2 is 1.21 bits per heavy atom. The fourth-order valence-electron chi connectivity index (χ4n) is 5.23. The van der Waals surface area contributed by atoms with Crippen LogP contribution in [0, 0.1) is 0 Å². The van der Waals surface area contributed by atoms with Crippen LogP contribution < -0.4 is 37.6 Å². The van der Waals surface area contributed by atoms with Crippen LogP contribution in [0.5, 0.6) is 0 Å². The molecule has 1 aliphatic rings. The molecule has 6 amide bonds. The first-order valence-corrected chi connectivity index (χ1v) is 17.6. The first-order valence-electron chi connectivity index (χ1n) is 17.6. The number of ether oxygens (including phenoxy) is 2. The molecule has 0 spiro atoms. The summed E-state index contributed by atoms with van der Waals surface area (Å²) in [6.45, 7) is 2.98. The molecule has 25 heteroatoms. The van der Waals surface area contributed by atoms with Gasteiger partial charge in [0.25, 0.3) is 0 Å². The van der Waals surface area contributed by atoms with Gasteiger partial charge < -0.3 is 82.9 Å². The summed E-state index contributed by atoms with van der Waals surface area (Å²) in [6, 6.07) is -10.5. The number of aliphatic hydroxyl groups is 4. The Balaban J connectivity index is 3.06. The molecule has 0 aliphatic carbocycles. The average Bonchev–Trinajstić information content (AvgIpc) is 3.13.